The summed E-state index contributed by atoms with van der Waals surface area (Å²) in [5.41, 5.74) is 3.55. The van der Waals surface area contributed by atoms with Gasteiger partial charge in [0.15, 0.2) is 0 Å². The minimum absolute atomic E-state index is 0.457. The zero-order valence-electron chi connectivity index (χ0n) is 17.1. The van der Waals surface area contributed by atoms with E-state index in [1.54, 1.807) is 7.11 Å². The maximum atomic E-state index is 5.31. The molecule has 2 fully saturated rings. The molecule has 0 saturated heterocycles. The molecule has 25 heavy (non-hydrogen) atoms. The Kier molecular flexibility index (Phi) is 4.81. The molecule has 0 N–H and O–H groups in total. The lowest BCUT2D eigenvalue weighted by atomic mass is 9.48. The van der Waals surface area contributed by atoms with E-state index in [2.05, 4.69) is 65.5 Å². The van der Waals surface area contributed by atoms with Crippen LogP contribution in [0.4, 0.5) is 0 Å². The maximum Gasteiger partial charge on any atom is 0.118 e. The zero-order chi connectivity index (χ0) is 18.4. The van der Waals surface area contributed by atoms with Gasteiger partial charge >= 0.3 is 0 Å². The van der Waals surface area contributed by atoms with Crippen molar-refractivity contribution in [2.75, 3.05) is 7.11 Å². The van der Waals surface area contributed by atoms with Gasteiger partial charge < -0.3 is 4.74 Å². The van der Waals surface area contributed by atoms with Crippen molar-refractivity contribution in [2.45, 2.75) is 60.3 Å². The Bertz CT molecular complexity index is 622. The van der Waals surface area contributed by atoms with E-state index < -0.39 is 0 Å². The summed E-state index contributed by atoms with van der Waals surface area (Å²) in [6, 6.07) is 8.47. The van der Waals surface area contributed by atoms with Gasteiger partial charge in [-0.25, -0.2) is 0 Å². The summed E-state index contributed by atoms with van der Waals surface area (Å²) in [5.74, 6) is 3.90. The molecule has 1 heteroatoms. The lowest BCUT2D eigenvalue weighted by molar-refractivity contribution is -0.0665. The summed E-state index contributed by atoms with van der Waals surface area (Å²) >= 11 is 0. The van der Waals surface area contributed by atoms with Gasteiger partial charge in [0.1, 0.15) is 5.75 Å². The summed E-state index contributed by atoms with van der Waals surface area (Å²) in [7, 11) is 1.72. The first-order valence-electron chi connectivity index (χ1n) is 9.99. The molecule has 1 aromatic carbocycles. The summed E-state index contributed by atoms with van der Waals surface area (Å²) in [6.45, 7) is 17.0. The Morgan fingerprint density at radius 2 is 1.48 bits per heavy atom. The van der Waals surface area contributed by atoms with Gasteiger partial charge in [0.25, 0.3) is 0 Å². The van der Waals surface area contributed by atoms with E-state index in [0.29, 0.717) is 22.7 Å². The van der Waals surface area contributed by atoms with E-state index in [4.69, 9.17) is 4.74 Å². The monoisotopic (exact) mass is 340 g/mol. The second kappa shape index (κ2) is 6.49. The van der Waals surface area contributed by atoms with Gasteiger partial charge in [-0.05, 0) is 83.5 Å². The van der Waals surface area contributed by atoms with Crippen LogP contribution in [-0.4, -0.2) is 7.11 Å². The normalized spacial score (nSPS) is 33.4. The molecule has 2 aliphatic carbocycles. The molecule has 0 radical (unpaired) electrons. The largest absolute Gasteiger partial charge is 0.497 e. The number of allylic oxidation sites excluding steroid dienone is 1. The van der Waals surface area contributed by atoms with Crippen molar-refractivity contribution in [3.05, 3.63) is 36.4 Å². The number of ether oxygens (including phenoxy) is 1. The molecule has 2 saturated carbocycles. The molecule has 4 unspecified atom stereocenters. The van der Waals surface area contributed by atoms with Crippen molar-refractivity contribution in [1.29, 1.82) is 0 Å². The lowest BCUT2D eigenvalue weighted by Gasteiger charge is -2.57. The first kappa shape index (κ1) is 18.5. The number of hydrogen-bond donors (Lipinski definition) is 0. The topological polar surface area (TPSA) is 9.23 Å². The van der Waals surface area contributed by atoms with Crippen LogP contribution in [0.25, 0.3) is 5.57 Å². The molecular formula is C24H36O. The van der Waals surface area contributed by atoms with Crippen LogP contribution in [0.1, 0.15) is 65.9 Å². The van der Waals surface area contributed by atoms with Crippen LogP contribution in [-0.2, 0) is 0 Å². The molecule has 1 nitrogen and oxygen atoms in total. The molecule has 2 aliphatic rings. The quantitative estimate of drug-likeness (QED) is 0.585. The highest BCUT2D eigenvalue weighted by Crippen LogP contribution is 2.60. The second-order valence-electron chi connectivity index (χ2n) is 10.00. The predicted molar refractivity (Wildman–Crippen MR) is 108 cm³/mol. The molecule has 0 amide bonds. The van der Waals surface area contributed by atoms with Gasteiger partial charge in [0, 0.05) is 0 Å². The smallest absolute Gasteiger partial charge is 0.118 e. The SMILES string of the molecule is C=C(c1ccc(OC)cc1)C1CC2C(CC1C)C(C)(C)CCC2(C)C. The Hall–Kier alpha value is -1.24. The van der Waals surface area contributed by atoms with E-state index >= 15 is 0 Å². The third-order valence-electron chi connectivity index (χ3n) is 7.64. The van der Waals surface area contributed by atoms with Gasteiger partial charge in [-0.2, -0.15) is 0 Å². The highest BCUT2D eigenvalue weighted by molar-refractivity contribution is 5.66. The van der Waals surface area contributed by atoms with E-state index in [0.717, 1.165) is 17.6 Å². The standard InChI is InChI=1S/C24H36O/c1-16-14-21-22(24(5,6)13-12-23(21,3)4)15-20(16)17(2)18-8-10-19(25-7)11-9-18/h8-11,16,20-22H,2,12-15H2,1,3-7H3. The Labute approximate surface area is 154 Å². The number of methoxy groups -OCH3 is 1. The zero-order valence-corrected chi connectivity index (χ0v) is 17.1. The van der Waals surface area contributed by atoms with E-state index in [9.17, 15) is 0 Å². The van der Waals surface area contributed by atoms with E-state index in [1.807, 2.05) is 0 Å². The fraction of sp³-hybridized carbons (Fsp3) is 0.667. The van der Waals surface area contributed by atoms with Gasteiger partial charge in [-0.15, -0.1) is 0 Å². The average molecular weight is 341 g/mol. The number of benzene rings is 1. The minimum Gasteiger partial charge on any atom is -0.497 e. The first-order valence-corrected chi connectivity index (χ1v) is 9.99. The molecule has 0 aliphatic heterocycles. The summed E-state index contributed by atoms with van der Waals surface area (Å²) in [6.07, 6.45) is 5.38. The van der Waals surface area contributed by atoms with Crippen LogP contribution in [0, 0.1) is 34.5 Å². The summed E-state index contributed by atoms with van der Waals surface area (Å²) in [4.78, 5) is 0. The summed E-state index contributed by atoms with van der Waals surface area (Å²) in [5, 5.41) is 0. The van der Waals surface area contributed by atoms with Gasteiger partial charge in [0.05, 0.1) is 7.11 Å². The van der Waals surface area contributed by atoms with Crippen molar-refractivity contribution in [2.24, 2.45) is 34.5 Å². The molecule has 0 aromatic heterocycles. The molecule has 3 rings (SSSR count). The molecule has 1 aromatic rings. The summed E-state index contributed by atoms with van der Waals surface area (Å²) < 4.78 is 5.31. The number of hydrogen-bond acceptors (Lipinski definition) is 1. The number of rotatable bonds is 3. The lowest BCUT2D eigenvalue weighted by Crippen LogP contribution is -2.49. The Balaban J connectivity index is 1.84. The van der Waals surface area contributed by atoms with Gasteiger partial charge in [-0.3, -0.25) is 0 Å². The fourth-order valence-electron chi connectivity index (χ4n) is 5.65. The third-order valence-corrected chi connectivity index (χ3v) is 7.64. The molecule has 4 atom stereocenters. The molecule has 0 heterocycles. The van der Waals surface area contributed by atoms with Gasteiger partial charge in [0.2, 0.25) is 0 Å². The molecule has 0 bridgehead atoms. The van der Waals surface area contributed by atoms with Gasteiger partial charge in [-0.1, -0.05) is 53.3 Å². The van der Waals surface area contributed by atoms with Crippen LogP contribution in [0.15, 0.2) is 30.8 Å². The molecular weight excluding hydrogens is 304 g/mol. The fourth-order valence-corrected chi connectivity index (χ4v) is 5.65. The highest BCUT2D eigenvalue weighted by atomic mass is 16.5. The second-order valence-corrected chi connectivity index (χ2v) is 10.00. The van der Waals surface area contributed by atoms with Crippen molar-refractivity contribution >= 4 is 5.57 Å². The van der Waals surface area contributed by atoms with Crippen LogP contribution in [0.5, 0.6) is 5.75 Å². The van der Waals surface area contributed by atoms with Crippen molar-refractivity contribution < 1.29 is 4.74 Å². The Morgan fingerprint density at radius 1 is 0.960 bits per heavy atom. The molecule has 138 valence electrons. The minimum atomic E-state index is 0.457. The highest BCUT2D eigenvalue weighted by Gasteiger charge is 2.51. The number of fused-ring (bicyclic) bond motifs is 1. The van der Waals surface area contributed by atoms with Crippen LogP contribution >= 0.6 is 0 Å². The van der Waals surface area contributed by atoms with Crippen molar-refractivity contribution in [3.63, 3.8) is 0 Å². The first-order chi connectivity index (χ1) is 11.7. The van der Waals surface area contributed by atoms with E-state index in [1.165, 1.54) is 36.8 Å². The third kappa shape index (κ3) is 3.39. The average Bonchev–Trinajstić information content (AvgIpc) is 2.58. The van der Waals surface area contributed by atoms with Crippen LogP contribution in [0.3, 0.4) is 0 Å². The Morgan fingerprint density at radius 3 is 2.00 bits per heavy atom. The maximum absolute atomic E-state index is 5.31. The van der Waals surface area contributed by atoms with E-state index in [-0.39, 0.29) is 0 Å². The van der Waals surface area contributed by atoms with Crippen LogP contribution in [0.2, 0.25) is 0 Å². The molecule has 0 spiro atoms. The van der Waals surface area contributed by atoms with Crippen molar-refractivity contribution in [3.8, 4) is 5.75 Å². The predicted octanol–water partition coefficient (Wildman–Crippen LogP) is 6.83. The van der Waals surface area contributed by atoms with Crippen molar-refractivity contribution in [1.82, 2.24) is 0 Å². The van der Waals surface area contributed by atoms with Crippen LogP contribution < -0.4 is 4.74 Å².